The Morgan fingerprint density at radius 3 is 0.760 bits per heavy atom. The second-order valence-corrected chi connectivity index (χ2v) is 25.1. The predicted octanol–water partition coefficient (Wildman–Crippen LogP) is 21.3. The fraction of sp³-hybridized carbons (Fsp3) is 0.0217. The van der Waals surface area contributed by atoms with Gasteiger partial charge in [-0.2, -0.15) is 0 Å². The highest BCUT2D eigenvalue weighted by Gasteiger charge is 2.46. The first-order valence-electron chi connectivity index (χ1n) is 33.3. The van der Waals surface area contributed by atoms with Crippen molar-refractivity contribution in [3.8, 4) is 22.3 Å². The SMILES string of the molecule is c1ccc(-c2ccc3c(c2)N(c2ccc(C(c4ccccc4)(c4ccccc4)c4ccccc4)cc2)c2cc(N(c4ccccc4)c4ccccc4)cc4c2B3c2ccc(-c3ccccc3)cc2N4c2ccc(C(c3ccccc3)(c3ccccc3)c3ccccc3)cc2)cc1. The van der Waals surface area contributed by atoms with Gasteiger partial charge in [-0.1, -0.05) is 328 Å². The average molecular weight is 1220 g/mol. The van der Waals surface area contributed by atoms with Gasteiger partial charge in [0.25, 0.3) is 6.71 Å². The van der Waals surface area contributed by atoms with Gasteiger partial charge in [0.15, 0.2) is 0 Å². The van der Waals surface area contributed by atoms with Gasteiger partial charge in [-0.05, 0) is 156 Å². The zero-order valence-corrected chi connectivity index (χ0v) is 53.0. The highest BCUT2D eigenvalue weighted by atomic mass is 15.2. The van der Waals surface area contributed by atoms with Crippen LogP contribution in [0, 0.1) is 0 Å². The zero-order chi connectivity index (χ0) is 63.8. The van der Waals surface area contributed by atoms with Crippen molar-refractivity contribution in [3.05, 3.63) is 445 Å². The Morgan fingerprint density at radius 1 is 0.208 bits per heavy atom. The lowest BCUT2D eigenvalue weighted by molar-refractivity contribution is 0.745. The minimum absolute atomic E-state index is 0.166. The van der Waals surface area contributed by atoms with Crippen molar-refractivity contribution in [1.29, 1.82) is 0 Å². The van der Waals surface area contributed by atoms with Crippen molar-refractivity contribution in [1.82, 2.24) is 0 Å². The lowest BCUT2D eigenvalue weighted by Gasteiger charge is -2.45. The molecule has 0 bridgehead atoms. The Balaban J connectivity index is 0.954. The molecule has 0 radical (unpaired) electrons. The van der Waals surface area contributed by atoms with Gasteiger partial charge in [-0.15, -0.1) is 0 Å². The Hall–Kier alpha value is -12.2. The van der Waals surface area contributed by atoms with Gasteiger partial charge in [0.05, 0.1) is 16.5 Å². The molecule has 0 aromatic heterocycles. The van der Waals surface area contributed by atoms with E-state index in [0.29, 0.717) is 0 Å². The first-order chi connectivity index (χ1) is 47.6. The van der Waals surface area contributed by atoms with Crippen LogP contribution in [0.1, 0.15) is 44.5 Å². The van der Waals surface area contributed by atoms with E-state index in [0.717, 1.165) is 73.4 Å². The molecule has 17 rings (SSSR count). The maximum Gasteiger partial charge on any atom is 0.252 e. The molecular weight excluding hydrogens is 1160 g/mol. The van der Waals surface area contributed by atoms with Gasteiger partial charge in [0, 0.05) is 45.5 Å². The summed E-state index contributed by atoms with van der Waals surface area (Å²) in [5.74, 6) is 0. The lowest BCUT2D eigenvalue weighted by Crippen LogP contribution is -2.61. The van der Waals surface area contributed by atoms with E-state index in [2.05, 4.69) is 415 Å². The standard InChI is InChI=1S/C92H66BN3/c1-11-31-67(32-12-1)69-51-61-84-86(63-69)95(81-57-53-77(54-58-81)91(71-35-15-3-16-36-71,72-37-17-4-18-38-72)73-39-19-5-20-40-73)88-65-83(94(79-47-27-9-28-48-79)80-49-29-10-30-50-80)66-89-90(88)93(84)85-62-52-70(68-33-13-2-14-34-68)64-87(85)96(89)82-59-55-78(56-60-82)92(74-41-21-6-22-42-74,75-43-23-7-24-44-75)76-45-25-8-26-46-76/h1-66H. The van der Waals surface area contributed by atoms with Crippen LogP contribution >= 0.6 is 0 Å². The minimum atomic E-state index is -0.639. The number of benzene rings is 15. The summed E-state index contributed by atoms with van der Waals surface area (Å²) in [6.45, 7) is -0.166. The van der Waals surface area contributed by atoms with Crippen LogP contribution in [0.4, 0.5) is 51.2 Å². The van der Waals surface area contributed by atoms with Crippen molar-refractivity contribution < 1.29 is 0 Å². The van der Waals surface area contributed by atoms with Crippen molar-refractivity contribution in [2.45, 2.75) is 10.8 Å². The summed E-state index contributed by atoms with van der Waals surface area (Å²) in [5.41, 5.74) is 26.3. The van der Waals surface area contributed by atoms with Gasteiger partial charge in [-0.3, -0.25) is 0 Å². The van der Waals surface area contributed by atoms with E-state index >= 15 is 0 Å². The molecule has 0 unspecified atom stereocenters. The van der Waals surface area contributed by atoms with Gasteiger partial charge in [-0.25, -0.2) is 0 Å². The highest BCUT2D eigenvalue weighted by molar-refractivity contribution is 7.00. The molecule has 0 spiro atoms. The molecule has 2 aliphatic heterocycles. The van der Waals surface area contributed by atoms with E-state index in [-0.39, 0.29) is 6.71 Å². The number of fused-ring (bicyclic) bond motifs is 4. The lowest BCUT2D eigenvalue weighted by atomic mass is 9.33. The summed E-state index contributed by atoms with van der Waals surface area (Å²) in [6.07, 6.45) is 0. The van der Waals surface area contributed by atoms with Crippen molar-refractivity contribution >= 4 is 74.3 Å². The van der Waals surface area contributed by atoms with E-state index in [1.165, 1.54) is 60.9 Å². The molecule has 3 nitrogen and oxygen atoms in total. The summed E-state index contributed by atoms with van der Waals surface area (Å²) in [7, 11) is 0. The molecule has 0 fully saturated rings. The zero-order valence-electron chi connectivity index (χ0n) is 53.0. The summed E-state index contributed by atoms with van der Waals surface area (Å²) < 4.78 is 0. The molecule has 15 aromatic rings. The normalized spacial score (nSPS) is 12.3. The number of rotatable bonds is 15. The van der Waals surface area contributed by atoms with Gasteiger partial charge >= 0.3 is 0 Å². The van der Waals surface area contributed by atoms with Crippen LogP contribution in [-0.2, 0) is 10.8 Å². The third-order valence-electron chi connectivity index (χ3n) is 19.9. The van der Waals surface area contributed by atoms with E-state index < -0.39 is 10.8 Å². The highest BCUT2D eigenvalue weighted by Crippen LogP contribution is 2.52. The number of para-hydroxylation sites is 2. The smallest absolute Gasteiger partial charge is 0.252 e. The van der Waals surface area contributed by atoms with Crippen LogP contribution < -0.4 is 31.1 Å². The Morgan fingerprint density at radius 2 is 0.469 bits per heavy atom. The molecule has 0 N–H and O–H groups in total. The van der Waals surface area contributed by atoms with Gasteiger partial charge in [0.2, 0.25) is 0 Å². The Bertz CT molecular complexity index is 4660. The maximum absolute atomic E-state index is 2.58. The Kier molecular flexibility index (Phi) is 14.8. The second kappa shape index (κ2) is 24.7. The summed E-state index contributed by atoms with van der Waals surface area (Å²) in [4.78, 5) is 7.58. The van der Waals surface area contributed by atoms with E-state index in [1.807, 2.05) is 0 Å². The molecule has 15 aromatic carbocycles. The van der Waals surface area contributed by atoms with Crippen LogP contribution in [0.15, 0.2) is 400 Å². The van der Waals surface area contributed by atoms with Gasteiger partial charge < -0.3 is 14.7 Å². The van der Waals surface area contributed by atoms with Crippen molar-refractivity contribution in [3.63, 3.8) is 0 Å². The maximum atomic E-state index is 2.58. The fourth-order valence-corrected chi connectivity index (χ4v) is 15.7. The molecule has 0 amide bonds. The molecule has 0 atom stereocenters. The summed E-state index contributed by atoms with van der Waals surface area (Å²) in [5, 5.41) is 0. The third-order valence-corrected chi connectivity index (χ3v) is 19.9. The summed E-state index contributed by atoms with van der Waals surface area (Å²) in [6, 6.07) is 148. The minimum Gasteiger partial charge on any atom is -0.311 e. The quantitative estimate of drug-likeness (QED) is 0.0748. The van der Waals surface area contributed by atoms with Gasteiger partial charge in [0.1, 0.15) is 0 Å². The molecular formula is C92H66BN3. The molecule has 0 saturated heterocycles. The van der Waals surface area contributed by atoms with E-state index in [4.69, 9.17) is 0 Å². The molecule has 452 valence electrons. The molecule has 0 saturated carbocycles. The predicted molar refractivity (Wildman–Crippen MR) is 403 cm³/mol. The van der Waals surface area contributed by atoms with Crippen LogP contribution in [0.5, 0.6) is 0 Å². The monoisotopic (exact) mass is 1220 g/mol. The first kappa shape index (κ1) is 57.6. The van der Waals surface area contributed by atoms with E-state index in [9.17, 15) is 0 Å². The fourth-order valence-electron chi connectivity index (χ4n) is 15.7. The number of anilines is 9. The van der Waals surface area contributed by atoms with E-state index in [1.54, 1.807) is 0 Å². The van der Waals surface area contributed by atoms with Crippen LogP contribution in [-0.4, -0.2) is 6.71 Å². The number of hydrogen-bond acceptors (Lipinski definition) is 3. The molecule has 0 aliphatic carbocycles. The number of hydrogen-bond donors (Lipinski definition) is 0. The molecule has 2 heterocycles. The topological polar surface area (TPSA) is 9.72 Å². The van der Waals surface area contributed by atoms with Crippen LogP contribution in [0.25, 0.3) is 22.3 Å². The second-order valence-electron chi connectivity index (χ2n) is 25.1. The van der Waals surface area contributed by atoms with Crippen LogP contribution in [0.2, 0.25) is 0 Å². The number of nitrogens with zero attached hydrogens (tertiary/aromatic N) is 3. The first-order valence-corrected chi connectivity index (χ1v) is 33.3. The van der Waals surface area contributed by atoms with Crippen LogP contribution in [0.3, 0.4) is 0 Å². The van der Waals surface area contributed by atoms with Crippen molar-refractivity contribution in [2.75, 3.05) is 14.7 Å². The largest absolute Gasteiger partial charge is 0.311 e. The van der Waals surface area contributed by atoms with Crippen molar-refractivity contribution in [2.24, 2.45) is 0 Å². The molecule has 2 aliphatic rings. The molecule has 4 heteroatoms. The Labute approximate surface area is 563 Å². The summed E-state index contributed by atoms with van der Waals surface area (Å²) >= 11 is 0. The average Bonchev–Trinajstić information content (AvgIpc) is 0.688. The third kappa shape index (κ3) is 9.76. The molecule has 96 heavy (non-hydrogen) atoms.